The third kappa shape index (κ3) is 4.14. The molecule has 0 aliphatic carbocycles. The van der Waals surface area contributed by atoms with Crippen molar-refractivity contribution in [1.29, 1.82) is 0 Å². The summed E-state index contributed by atoms with van der Waals surface area (Å²) in [6.45, 7) is 1.43. The fourth-order valence-corrected chi connectivity index (χ4v) is 5.98. The third-order valence-corrected chi connectivity index (χ3v) is 8.64. The predicted molar refractivity (Wildman–Crippen MR) is 107 cm³/mol. The molecule has 0 N–H and O–H groups in total. The van der Waals surface area contributed by atoms with Crippen LogP contribution in [0, 0.1) is 0 Å². The van der Waals surface area contributed by atoms with Gasteiger partial charge in [0.15, 0.2) is 0 Å². The van der Waals surface area contributed by atoms with Gasteiger partial charge in [-0.15, -0.1) is 11.3 Å². The second-order valence-electron chi connectivity index (χ2n) is 6.27. The Morgan fingerprint density at radius 3 is 2.50 bits per heavy atom. The first-order chi connectivity index (χ1) is 12.4. The van der Waals surface area contributed by atoms with E-state index < -0.39 is 10.0 Å². The Hall–Kier alpha value is -1.35. The van der Waals surface area contributed by atoms with Gasteiger partial charge >= 0.3 is 0 Å². The first kappa shape index (κ1) is 19.4. The molecule has 2 aromatic rings. The molecular weight excluding hydrogens is 388 g/mol. The van der Waals surface area contributed by atoms with Gasteiger partial charge in [-0.05, 0) is 42.1 Å². The molecule has 1 aromatic carbocycles. The summed E-state index contributed by atoms with van der Waals surface area (Å²) >= 11 is 3.66. The first-order valence-corrected chi connectivity index (χ1v) is 11.7. The van der Waals surface area contributed by atoms with Crippen LogP contribution in [-0.2, 0) is 10.0 Å². The largest absolute Gasteiger partial charge is 0.338 e. The number of rotatable bonds is 4. The third-order valence-electron chi connectivity index (χ3n) is 4.37. The minimum Gasteiger partial charge on any atom is -0.338 e. The molecule has 1 aromatic heterocycles. The van der Waals surface area contributed by atoms with Crippen LogP contribution in [0.4, 0.5) is 0 Å². The lowest BCUT2D eigenvalue weighted by atomic mass is 10.2. The Balaban J connectivity index is 1.69. The summed E-state index contributed by atoms with van der Waals surface area (Å²) in [7, 11) is -0.489. The molecule has 5 nitrogen and oxygen atoms in total. The van der Waals surface area contributed by atoms with E-state index in [1.807, 2.05) is 16.7 Å². The summed E-state index contributed by atoms with van der Waals surface area (Å²) in [6, 6.07) is 10.4. The van der Waals surface area contributed by atoms with Crippen LogP contribution in [-0.4, -0.2) is 56.5 Å². The highest BCUT2D eigenvalue weighted by Gasteiger charge is 2.24. The van der Waals surface area contributed by atoms with Crippen LogP contribution in [0.5, 0.6) is 0 Å². The summed E-state index contributed by atoms with van der Waals surface area (Å²) in [5.41, 5.74) is 0.530. The summed E-state index contributed by atoms with van der Waals surface area (Å²) in [5.74, 6) is 0.868. The molecule has 3 rings (SSSR count). The second kappa shape index (κ2) is 8.12. The Morgan fingerprint density at radius 2 is 1.88 bits per heavy atom. The number of nitrogens with zero attached hydrogens (tertiary/aromatic N) is 2. The predicted octanol–water partition coefficient (Wildman–Crippen LogP) is 3.32. The van der Waals surface area contributed by atoms with Crippen LogP contribution in [0.25, 0.3) is 0 Å². The average molecular weight is 411 g/mol. The molecular formula is C18H22N2O3S3. The second-order valence-corrected chi connectivity index (χ2v) is 10.7. The maximum Gasteiger partial charge on any atom is 0.253 e. The van der Waals surface area contributed by atoms with Crippen molar-refractivity contribution in [1.82, 2.24) is 9.21 Å². The number of thioether (sulfide) groups is 1. The van der Waals surface area contributed by atoms with Gasteiger partial charge in [-0.1, -0.05) is 6.07 Å². The fraction of sp³-hybridized carbons (Fsp3) is 0.389. The van der Waals surface area contributed by atoms with E-state index in [0.29, 0.717) is 23.9 Å². The van der Waals surface area contributed by atoms with E-state index >= 15 is 0 Å². The molecule has 1 aliphatic rings. The SMILES string of the molecule is CN(C)S(=O)(=O)c1ccc(C(=O)N2CCS[C@H](c3cccs3)CC2)cc1. The summed E-state index contributed by atoms with van der Waals surface area (Å²) < 4.78 is 25.4. The molecule has 0 spiro atoms. The van der Waals surface area contributed by atoms with Crippen molar-refractivity contribution >= 4 is 39.0 Å². The van der Waals surface area contributed by atoms with Crippen LogP contribution in [0.3, 0.4) is 0 Å². The van der Waals surface area contributed by atoms with Gasteiger partial charge in [0.1, 0.15) is 0 Å². The highest BCUT2D eigenvalue weighted by molar-refractivity contribution is 7.99. The quantitative estimate of drug-likeness (QED) is 0.776. The van der Waals surface area contributed by atoms with Gasteiger partial charge in [-0.2, -0.15) is 11.8 Å². The van der Waals surface area contributed by atoms with Gasteiger partial charge in [0, 0.05) is 48.6 Å². The van der Waals surface area contributed by atoms with Crippen molar-refractivity contribution in [3.8, 4) is 0 Å². The van der Waals surface area contributed by atoms with Crippen molar-refractivity contribution in [2.24, 2.45) is 0 Å². The zero-order valence-electron chi connectivity index (χ0n) is 14.8. The van der Waals surface area contributed by atoms with Crippen LogP contribution in [0.2, 0.25) is 0 Å². The molecule has 1 fully saturated rings. The standard InChI is InChI=1S/C18H22N2O3S3/c1-19(2)26(22,23)15-7-5-14(6-8-15)18(21)20-10-9-17(25-13-11-20)16-4-3-12-24-16/h3-8,12,17H,9-11,13H2,1-2H3/t17-/m0/s1. The normalized spacial score (nSPS) is 18.7. The molecule has 26 heavy (non-hydrogen) atoms. The Morgan fingerprint density at radius 1 is 1.15 bits per heavy atom. The lowest BCUT2D eigenvalue weighted by Crippen LogP contribution is -2.33. The van der Waals surface area contributed by atoms with Gasteiger partial charge in [-0.3, -0.25) is 4.79 Å². The van der Waals surface area contributed by atoms with E-state index in [0.717, 1.165) is 12.2 Å². The van der Waals surface area contributed by atoms with Crippen molar-refractivity contribution in [2.45, 2.75) is 16.6 Å². The van der Waals surface area contributed by atoms with Crippen molar-refractivity contribution in [3.05, 3.63) is 52.2 Å². The van der Waals surface area contributed by atoms with Gasteiger partial charge in [0.2, 0.25) is 10.0 Å². The average Bonchev–Trinajstić information content (AvgIpc) is 3.06. The number of hydrogen-bond donors (Lipinski definition) is 0. The molecule has 140 valence electrons. The zero-order valence-corrected chi connectivity index (χ0v) is 17.2. The number of thiophene rings is 1. The topological polar surface area (TPSA) is 57.7 Å². The molecule has 0 unspecified atom stereocenters. The number of carbonyl (C=O) groups is 1. The molecule has 2 heterocycles. The van der Waals surface area contributed by atoms with Crippen molar-refractivity contribution < 1.29 is 13.2 Å². The van der Waals surface area contributed by atoms with Crippen LogP contribution >= 0.6 is 23.1 Å². The maximum atomic E-state index is 12.8. The smallest absolute Gasteiger partial charge is 0.253 e. The Bertz CT molecular complexity index is 846. The van der Waals surface area contributed by atoms with Crippen molar-refractivity contribution in [2.75, 3.05) is 32.9 Å². The highest BCUT2D eigenvalue weighted by Crippen LogP contribution is 2.36. The van der Waals surface area contributed by atoms with Gasteiger partial charge in [-0.25, -0.2) is 12.7 Å². The summed E-state index contributed by atoms with van der Waals surface area (Å²) in [6.07, 6.45) is 0.935. The number of benzene rings is 1. The van der Waals surface area contributed by atoms with Gasteiger partial charge in [0.05, 0.1) is 4.90 Å². The van der Waals surface area contributed by atoms with E-state index in [2.05, 4.69) is 17.5 Å². The minimum atomic E-state index is -3.48. The monoisotopic (exact) mass is 410 g/mol. The molecule has 0 saturated carbocycles. The van der Waals surface area contributed by atoms with Crippen molar-refractivity contribution in [3.63, 3.8) is 0 Å². The molecule has 0 bridgehead atoms. The molecule has 1 atom stereocenters. The van der Waals surface area contributed by atoms with E-state index in [-0.39, 0.29) is 10.8 Å². The number of amides is 1. The van der Waals surface area contributed by atoms with E-state index in [9.17, 15) is 13.2 Å². The lowest BCUT2D eigenvalue weighted by Gasteiger charge is -2.20. The van der Waals surface area contributed by atoms with Gasteiger partial charge < -0.3 is 4.90 Å². The van der Waals surface area contributed by atoms with E-state index in [1.54, 1.807) is 23.5 Å². The molecule has 1 aliphatic heterocycles. The lowest BCUT2D eigenvalue weighted by molar-refractivity contribution is 0.0766. The summed E-state index contributed by atoms with van der Waals surface area (Å²) in [4.78, 5) is 16.2. The molecule has 1 saturated heterocycles. The highest BCUT2D eigenvalue weighted by atomic mass is 32.2. The fourth-order valence-electron chi connectivity index (χ4n) is 2.84. The van der Waals surface area contributed by atoms with Crippen LogP contribution < -0.4 is 0 Å². The molecule has 1 amide bonds. The number of hydrogen-bond acceptors (Lipinski definition) is 5. The Labute approximate surface area is 163 Å². The zero-order chi connectivity index (χ0) is 18.7. The number of sulfonamides is 1. The first-order valence-electron chi connectivity index (χ1n) is 8.36. The molecule has 0 radical (unpaired) electrons. The van der Waals surface area contributed by atoms with Gasteiger partial charge in [0.25, 0.3) is 5.91 Å². The van der Waals surface area contributed by atoms with E-state index in [1.165, 1.54) is 35.4 Å². The minimum absolute atomic E-state index is 0.0359. The van der Waals surface area contributed by atoms with Crippen LogP contribution in [0.1, 0.15) is 26.9 Å². The maximum absolute atomic E-state index is 12.8. The number of carbonyl (C=O) groups excluding carboxylic acids is 1. The van der Waals surface area contributed by atoms with Crippen LogP contribution in [0.15, 0.2) is 46.7 Å². The van der Waals surface area contributed by atoms with E-state index in [4.69, 9.17) is 0 Å². The summed E-state index contributed by atoms with van der Waals surface area (Å²) in [5, 5.41) is 2.54. The Kier molecular flexibility index (Phi) is 6.06. The molecule has 8 heteroatoms.